The van der Waals surface area contributed by atoms with Gasteiger partial charge in [0.1, 0.15) is 29.4 Å². The molecule has 0 spiro atoms. The number of H-pyrrole nitrogens is 1. The molecule has 0 amide bonds. The Morgan fingerprint density at radius 1 is 0.943 bits per heavy atom. The summed E-state index contributed by atoms with van der Waals surface area (Å²) in [5.41, 5.74) is -0.711. The molecule has 1 aromatic heterocycles. The van der Waals surface area contributed by atoms with Gasteiger partial charge in [0.2, 0.25) is 5.82 Å². The molecule has 0 aliphatic carbocycles. The Kier molecular flexibility index (Phi) is 13.6. The van der Waals surface area contributed by atoms with Crippen molar-refractivity contribution in [2.24, 2.45) is 0 Å². The van der Waals surface area contributed by atoms with Crippen molar-refractivity contribution < 1.29 is 32.4 Å². The summed E-state index contributed by atoms with van der Waals surface area (Å²) < 4.78 is 55.3. The van der Waals surface area contributed by atoms with Gasteiger partial charge in [0.15, 0.2) is 0 Å². The summed E-state index contributed by atoms with van der Waals surface area (Å²) in [6.45, 7) is 8.21. The molecule has 0 saturated carbocycles. The first-order valence-electron chi connectivity index (χ1n) is 17.4. The molecular weight excluding hydrogens is 702 g/mol. The molecule has 5 rings (SSSR count). The maximum atomic E-state index is 14.6. The van der Waals surface area contributed by atoms with Crippen molar-refractivity contribution in [3.05, 3.63) is 128 Å². The van der Waals surface area contributed by atoms with Gasteiger partial charge in [-0.15, -0.1) is 0 Å². The standard InChI is InChI=1S/C39H46FN4O8P/c1-26(2)44(27(3)4)53(50-22-10-21-41)52-34-23-36(43-24-33(40)37(45)42-38(43)46)51-35(34)25-49-39(28-11-8-7-9-12-28,29-13-17-31(47-5)18-14-29)30-15-19-32(48-6)20-16-30/h7-9,11-20,24,26-27,34-36H,10,22-23,25H2,1-6H3,(H,42,45,46)/t34-,35+,36+,53?/m0/s1. The second-order valence-electron chi connectivity index (χ2n) is 13.0. The van der Waals surface area contributed by atoms with Crippen molar-refractivity contribution in [2.45, 2.75) is 76.7 Å². The summed E-state index contributed by atoms with van der Waals surface area (Å²) in [6, 6.07) is 27.1. The van der Waals surface area contributed by atoms with E-state index in [1.165, 1.54) is 0 Å². The first kappa shape index (κ1) is 39.8. The fraction of sp³-hybridized carbons (Fsp3) is 0.410. The number of rotatable bonds is 17. The normalized spacial score (nSPS) is 18.0. The molecule has 14 heteroatoms. The Labute approximate surface area is 310 Å². The molecule has 1 aliphatic heterocycles. The van der Waals surface area contributed by atoms with E-state index < -0.39 is 49.6 Å². The van der Waals surface area contributed by atoms with Crippen molar-refractivity contribution in [1.82, 2.24) is 14.2 Å². The lowest BCUT2D eigenvalue weighted by molar-refractivity contribution is -0.0927. The first-order chi connectivity index (χ1) is 25.5. The van der Waals surface area contributed by atoms with Crippen LogP contribution in [0.5, 0.6) is 11.5 Å². The van der Waals surface area contributed by atoms with Crippen LogP contribution >= 0.6 is 8.53 Å². The highest BCUT2D eigenvalue weighted by atomic mass is 31.2. The van der Waals surface area contributed by atoms with E-state index in [0.717, 1.165) is 27.5 Å². The molecule has 1 saturated heterocycles. The van der Waals surface area contributed by atoms with Gasteiger partial charge in [0, 0.05) is 18.5 Å². The van der Waals surface area contributed by atoms with Gasteiger partial charge in [-0.25, -0.2) is 9.46 Å². The summed E-state index contributed by atoms with van der Waals surface area (Å²) in [7, 11) is 1.46. The topological polar surface area (TPSA) is 137 Å². The number of nitrogens with zero attached hydrogens (tertiary/aromatic N) is 3. The second kappa shape index (κ2) is 18.1. The zero-order chi connectivity index (χ0) is 38.1. The lowest BCUT2D eigenvalue weighted by Crippen LogP contribution is -2.39. The summed E-state index contributed by atoms with van der Waals surface area (Å²) >= 11 is 0. The Balaban J connectivity index is 1.60. The smallest absolute Gasteiger partial charge is 0.330 e. The average molecular weight is 749 g/mol. The lowest BCUT2D eigenvalue weighted by Gasteiger charge is -2.39. The number of nitrogens with one attached hydrogen (secondary N) is 1. The van der Waals surface area contributed by atoms with E-state index in [2.05, 4.69) is 10.7 Å². The number of hydrogen-bond acceptors (Lipinski definition) is 10. The van der Waals surface area contributed by atoms with E-state index in [4.69, 9.17) is 28.0 Å². The van der Waals surface area contributed by atoms with E-state index in [-0.39, 0.29) is 38.1 Å². The molecular formula is C39H46FN4O8P. The number of hydrogen-bond donors (Lipinski definition) is 1. The van der Waals surface area contributed by atoms with Crippen LogP contribution in [0.15, 0.2) is 94.6 Å². The minimum absolute atomic E-state index is 0.0165. The molecule has 3 aromatic carbocycles. The molecule has 12 nitrogen and oxygen atoms in total. The quantitative estimate of drug-likeness (QED) is 0.0710. The largest absolute Gasteiger partial charge is 0.497 e. The molecule has 4 atom stereocenters. The number of benzene rings is 3. The number of aromatic amines is 1. The predicted octanol–water partition coefficient (Wildman–Crippen LogP) is 6.65. The summed E-state index contributed by atoms with van der Waals surface area (Å²) in [5, 5.41) is 9.26. The lowest BCUT2D eigenvalue weighted by atomic mass is 9.80. The third-order valence-electron chi connectivity index (χ3n) is 8.94. The van der Waals surface area contributed by atoms with Crippen LogP contribution in [0.1, 0.15) is 63.5 Å². The third-order valence-corrected chi connectivity index (χ3v) is 11.1. The van der Waals surface area contributed by atoms with Crippen LogP contribution in [0.4, 0.5) is 4.39 Å². The van der Waals surface area contributed by atoms with Crippen LogP contribution in [-0.2, 0) is 24.1 Å². The predicted molar refractivity (Wildman–Crippen MR) is 198 cm³/mol. The van der Waals surface area contributed by atoms with Crippen LogP contribution in [-0.4, -0.2) is 65.9 Å². The molecule has 2 heterocycles. The molecule has 53 heavy (non-hydrogen) atoms. The number of ether oxygens (including phenoxy) is 4. The SMILES string of the molecule is COc1ccc(C(OC[C@H]2O[C@@H](n3cc(F)c(=O)[nH]c3=O)C[C@@H]2OP(OCCC#N)N(C(C)C)C(C)C)(c2ccccc2)c2ccc(OC)cc2)cc1. The maximum absolute atomic E-state index is 14.6. The van der Waals surface area contributed by atoms with Gasteiger partial charge in [0.05, 0.1) is 52.2 Å². The van der Waals surface area contributed by atoms with Crippen LogP contribution in [0.25, 0.3) is 0 Å². The Bertz CT molecular complexity index is 1880. The van der Waals surface area contributed by atoms with E-state index in [1.54, 1.807) is 14.2 Å². The van der Waals surface area contributed by atoms with Gasteiger partial charge in [0.25, 0.3) is 14.1 Å². The van der Waals surface area contributed by atoms with Crippen LogP contribution < -0.4 is 20.7 Å². The van der Waals surface area contributed by atoms with Crippen molar-refractivity contribution in [2.75, 3.05) is 27.4 Å². The van der Waals surface area contributed by atoms with Gasteiger partial charge >= 0.3 is 5.69 Å². The summed E-state index contributed by atoms with van der Waals surface area (Å²) in [6.07, 6.45) is -1.44. The Morgan fingerprint density at radius 3 is 2.04 bits per heavy atom. The zero-order valence-corrected chi connectivity index (χ0v) is 31.6. The molecule has 282 valence electrons. The first-order valence-corrected chi connectivity index (χ1v) is 18.5. The molecule has 1 aliphatic rings. The van der Waals surface area contributed by atoms with E-state index in [9.17, 15) is 19.2 Å². The number of aromatic nitrogens is 2. The molecule has 0 radical (unpaired) electrons. The Hall–Kier alpha value is -4.41. The zero-order valence-electron chi connectivity index (χ0n) is 30.7. The van der Waals surface area contributed by atoms with Crippen molar-refractivity contribution in [1.29, 1.82) is 5.26 Å². The second-order valence-corrected chi connectivity index (χ2v) is 14.4. The van der Waals surface area contributed by atoms with Crippen LogP contribution in [0.3, 0.4) is 0 Å². The highest BCUT2D eigenvalue weighted by Gasteiger charge is 2.45. The molecule has 4 aromatic rings. The fourth-order valence-electron chi connectivity index (χ4n) is 6.50. The minimum atomic E-state index is -1.74. The van der Waals surface area contributed by atoms with E-state index >= 15 is 0 Å². The van der Waals surface area contributed by atoms with Crippen LogP contribution in [0.2, 0.25) is 0 Å². The number of nitriles is 1. The van der Waals surface area contributed by atoms with Crippen molar-refractivity contribution in [3.8, 4) is 17.6 Å². The molecule has 1 fully saturated rings. The Morgan fingerprint density at radius 2 is 1.51 bits per heavy atom. The van der Waals surface area contributed by atoms with Gasteiger partial charge in [-0.3, -0.25) is 14.3 Å². The summed E-state index contributed by atoms with van der Waals surface area (Å²) in [4.78, 5) is 26.9. The van der Waals surface area contributed by atoms with Crippen molar-refractivity contribution >= 4 is 8.53 Å². The highest BCUT2D eigenvalue weighted by molar-refractivity contribution is 7.44. The minimum Gasteiger partial charge on any atom is -0.497 e. The van der Waals surface area contributed by atoms with Gasteiger partial charge in [-0.05, 0) is 68.7 Å². The van der Waals surface area contributed by atoms with E-state index in [0.29, 0.717) is 11.5 Å². The summed E-state index contributed by atoms with van der Waals surface area (Å²) in [5.74, 6) is 0.216. The number of methoxy groups -OCH3 is 2. The average Bonchev–Trinajstić information content (AvgIpc) is 3.56. The molecule has 1 unspecified atom stereocenters. The molecule has 0 bridgehead atoms. The van der Waals surface area contributed by atoms with Gasteiger partial charge < -0.3 is 28.0 Å². The maximum Gasteiger partial charge on any atom is 0.330 e. The van der Waals surface area contributed by atoms with Crippen molar-refractivity contribution in [3.63, 3.8) is 0 Å². The number of halogens is 1. The van der Waals surface area contributed by atoms with Gasteiger partial charge in [-0.1, -0.05) is 54.6 Å². The van der Waals surface area contributed by atoms with Gasteiger partial charge in [-0.2, -0.15) is 9.65 Å². The van der Waals surface area contributed by atoms with Crippen LogP contribution in [0, 0.1) is 17.1 Å². The fourth-order valence-corrected chi connectivity index (χ4v) is 8.26. The molecule has 1 N–H and O–H groups in total. The van der Waals surface area contributed by atoms with E-state index in [1.807, 2.05) is 112 Å². The monoisotopic (exact) mass is 748 g/mol. The third kappa shape index (κ3) is 9.04. The highest BCUT2D eigenvalue weighted by Crippen LogP contribution is 2.50.